The molecule has 0 aromatic heterocycles. The van der Waals surface area contributed by atoms with Crippen molar-refractivity contribution in [2.24, 2.45) is 17.3 Å². The molecule has 116 valence electrons. The Hall–Kier alpha value is -0.570. The van der Waals surface area contributed by atoms with Crippen LogP contribution in [0.3, 0.4) is 0 Å². The van der Waals surface area contributed by atoms with Crippen LogP contribution in [0.1, 0.15) is 58.8 Å². The van der Waals surface area contributed by atoms with Crippen molar-refractivity contribution in [3.8, 4) is 0 Å². The first kappa shape index (κ1) is 15.8. The topological polar surface area (TPSA) is 32.3 Å². The predicted octanol–water partition coefficient (Wildman–Crippen LogP) is 3.05. The molecule has 1 N–H and O–H groups in total. The van der Waals surface area contributed by atoms with Gasteiger partial charge in [-0.2, -0.15) is 0 Å². The van der Waals surface area contributed by atoms with Crippen molar-refractivity contribution in [1.82, 2.24) is 10.2 Å². The quantitative estimate of drug-likeness (QED) is 0.839. The number of rotatable bonds is 5. The molecule has 1 saturated heterocycles. The molecular formula is C17H32N2O. The second kappa shape index (κ2) is 6.93. The van der Waals surface area contributed by atoms with E-state index >= 15 is 0 Å². The number of likely N-dealkylation sites (tertiary alicyclic amines) is 1. The monoisotopic (exact) mass is 280 g/mol. The molecule has 2 aliphatic rings. The van der Waals surface area contributed by atoms with E-state index in [2.05, 4.69) is 24.1 Å². The summed E-state index contributed by atoms with van der Waals surface area (Å²) in [7, 11) is 2.02. The highest BCUT2D eigenvalue weighted by Crippen LogP contribution is 2.45. The number of hydrogen-bond donors (Lipinski definition) is 1. The van der Waals surface area contributed by atoms with Crippen LogP contribution < -0.4 is 5.32 Å². The third-order valence-electron chi connectivity index (χ3n) is 5.21. The number of carbonyl (C=O) groups excluding carboxylic acids is 1. The van der Waals surface area contributed by atoms with Gasteiger partial charge in [0.15, 0.2) is 0 Å². The highest BCUT2D eigenvalue weighted by Gasteiger charge is 2.44. The highest BCUT2D eigenvalue weighted by molar-refractivity contribution is 5.83. The maximum absolute atomic E-state index is 13.0. The van der Waals surface area contributed by atoms with Gasteiger partial charge in [0.05, 0.1) is 0 Å². The van der Waals surface area contributed by atoms with Crippen molar-refractivity contribution in [3.63, 3.8) is 0 Å². The van der Waals surface area contributed by atoms with Gasteiger partial charge in [-0.3, -0.25) is 4.79 Å². The molecule has 0 bridgehead atoms. The van der Waals surface area contributed by atoms with Gasteiger partial charge in [0.2, 0.25) is 5.91 Å². The highest BCUT2D eigenvalue weighted by atomic mass is 16.2. The summed E-state index contributed by atoms with van der Waals surface area (Å²) in [6, 6.07) is 0. The third kappa shape index (κ3) is 3.55. The zero-order chi connectivity index (χ0) is 14.6. The summed E-state index contributed by atoms with van der Waals surface area (Å²) >= 11 is 0. The Labute approximate surface area is 124 Å². The van der Waals surface area contributed by atoms with Crippen LogP contribution in [0, 0.1) is 17.3 Å². The summed E-state index contributed by atoms with van der Waals surface area (Å²) in [5, 5.41) is 3.27. The lowest BCUT2D eigenvalue weighted by molar-refractivity contribution is -0.144. The van der Waals surface area contributed by atoms with Crippen LogP contribution in [-0.2, 0) is 4.79 Å². The van der Waals surface area contributed by atoms with E-state index in [1.165, 1.54) is 25.7 Å². The van der Waals surface area contributed by atoms with Crippen molar-refractivity contribution >= 4 is 5.91 Å². The molecule has 0 aromatic rings. The Morgan fingerprint density at radius 1 is 1.25 bits per heavy atom. The third-order valence-corrected chi connectivity index (χ3v) is 5.21. The minimum atomic E-state index is -0.00991. The number of amides is 1. The van der Waals surface area contributed by atoms with E-state index in [9.17, 15) is 4.79 Å². The Kier molecular flexibility index (Phi) is 5.48. The SMILES string of the molecule is CNCC1CCN(C(=O)C2(CC(C)C)CCCC2)CC1. The molecule has 0 unspecified atom stereocenters. The first-order chi connectivity index (χ1) is 9.57. The second-order valence-corrected chi connectivity index (χ2v) is 7.38. The summed E-state index contributed by atoms with van der Waals surface area (Å²) in [5.41, 5.74) is -0.00991. The van der Waals surface area contributed by atoms with E-state index in [4.69, 9.17) is 0 Å². The van der Waals surface area contributed by atoms with E-state index in [0.717, 1.165) is 44.8 Å². The maximum atomic E-state index is 13.0. The number of nitrogens with zero attached hydrogens (tertiary/aromatic N) is 1. The number of nitrogens with one attached hydrogen (secondary N) is 1. The molecule has 1 heterocycles. The van der Waals surface area contributed by atoms with Gasteiger partial charge in [-0.1, -0.05) is 26.7 Å². The van der Waals surface area contributed by atoms with Gasteiger partial charge < -0.3 is 10.2 Å². The molecular weight excluding hydrogens is 248 g/mol. The van der Waals surface area contributed by atoms with E-state index in [1.54, 1.807) is 0 Å². The van der Waals surface area contributed by atoms with Gasteiger partial charge in [-0.15, -0.1) is 0 Å². The van der Waals surface area contributed by atoms with Gasteiger partial charge in [0.1, 0.15) is 0 Å². The van der Waals surface area contributed by atoms with Gasteiger partial charge in [-0.05, 0) is 57.5 Å². The van der Waals surface area contributed by atoms with Crippen LogP contribution >= 0.6 is 0 Å². The van der Waals surface area contributed by atoms with Crippen LogP contribution in [0.4, 0.5) is 0 Å². The van der Waals surface area contributed by atoms with E-state index in [0.29, 0.717) is 11.8 Å². The molecule has 1 saturated carbocycles. The van der Waals surface area contributed by atoms with E-state index < -0.39 is 0 Å². The maximum Gasteiger partial charge on any atom is 0.228 e. The molecule has 2 fully saturated rings. The second-order valence-electron chi connectivity index (χ2n) is 7.38. The molecule has 3 nitrogen and oxygen atoms in total. The largest absolute Gasteiger partial charge is 0.342 e. The normalized spacial score (nSPS) is 23.5. The van der Waals surface area contributed by atoms with Crippen LogP contribution in [0.25, 0.3) is 0 Å². The predicted molar refractivity (Wildman–Crippen MR) is 83.6 cm³/mol. The van der Waals surface area contributed by atoms with Gasteiger partial charge >= 0.3 is 0 Å². The number of piperidine rings is 1. The van der Waals surface area contributed by atoms with Crippen molar-refractivity contribution in [1.29, 1.82) is 0 Å². The molecule has 2 rings (SSSR count). The lowest BCUT2D eigenvalue weighted by atomic mass is 9.76. The smallest absolute Gasteiger partial charge is 0.228 e. The summed E-state index contributed by atoms with van der Waals surface area (Å²) in [5.74, 6) is 1.86. The van der Waals surface area contributed by atoms with Crippen LogP contribution in [0.15, 0.2) is 0 Å². The average molecular weight is 280 g/mol. The summed E-state index contributed by atoms with van der Waals surface area (Å²) in [4.78, 5) is 15.2. The molecule has 0 spiro atoms. The van der Waals surface area contributed by atoms with Gasteiger partial charge in [-0.25, -0.2) is 0 Å². The fourth-order valence-electron chi connectivity index (χ4n) is 4.30. The Balaban J connectivity index is 1.95. The molecule has 20 heavy (non-hydrogen) atoms. The van der Waals surface area contributed by atoms with Gasteiger partial charge in [0, 0.05) is 18.5 Å². The zero-order valence-electron chi connectivity index (χ0n) is 13.6. The number of carbonyl (C=O) groups is 1. The van der Waals surface area contributed by atoms with E-state index in [1.807, 2.05) is 7.05 Å². The Bertz CT molecular complexity index is 313. The first-order valence-corrected chi connectivity index (χ1v) is 8.51. The fourth-order valence-corrected chi connectivity index (χ4v) is 4.30. The standard InChI is InChI=1S/C17H32N2O/c1-14(2)12-17(8-4-5-9-17)16(20)19-10-6-15(7-11-19)13-18-3/h14-15,18H,4-13H2,1-3H3. The van der Waals surface area contributed by atoms with Crippen molar-refractivity contribution in [2.45, 2.75) is 58.8 Å². The summed E-state index contributed by atoms with van der Waals surface area (Å²) in [6.07, 6.45) is 8.17. The van der Waals surface area contributed by atoms with E-state index in [-0.39, 0.29) is 5.41 Å². The summed E-state index contributed by atoms with van der Waals surface area (Å²) in [6.45, 7) is 7.56. The molecule has 0 aromatic carbocycles. The molecule has 0 radical (unpaired) electrons. The van der Waals surface area contributed by atoms with Crippen LogP contribution in [-0.4, -0.2) is 37.5 Å². The molecule has 1 amide bonds. The fraction of sp³-hybridized carbons (Fsp3) is 0.941. The lowest BCUT2D eigenvalue weighted by Crippen LogP contribution is -2.47. The Morgan fingerprint density at radius 2 is 1.85 bits per heavy atom. The Morgan fingerprint density at radius 3 is 2.35 bits per heavy atom. The first-order valence-electron chi connectivity index (χ1n) is 8.51. The van der Waals surface area contributed by atoms with Crippen molar-refractivity contribution in [2.75, 3.05) is 26.7 Å². The number of hydrogen-bond acceptors (Lipinski definition) is 2. The minimum absolute atomic E-state index is 0.00991. The summed E-state index contributed by atoms with van der Waals surface area (Å²) < 4.78 is 0. The van der Waals surface area contributed by atoms with Gasteiger partial charge in [0.25, 0.3) is 0 Å². The molecule has 0 atom stereocenters. The zero-order valence-corrected chi connectivity index (χ0v) is 13.6. The molecule has 3 heteroatoms. The van der Waals surface area contributed by atoms with Crippen molar-refractivity contribution < 1.29 is 4.79 Å². The average Bonchev–Trinajstić information content (AvgIpc) is 2.88. The molecule has 1 aliphatic heterocycles. The lowest BCUT2D eigenvalue weighted by Gasteiger charge is -2.39. The molecule has 1 aliphatic carbocycles. The van der Waals surface area contributed by atoms with Crippen LogP contribution in [0.2, 0.25) is 0 Å². The van der Waals surface area contributed by atoms with Crippen LogP contribution in [0.5, 0.6) is 0 Å². The van der Waals surface area contributed by atoms with Crippen molar-refractivity contribution in [3.05, 3.63) is 0 Å². The minimum Gasteiger partial charge on any atom is -0.342 e.